The lowest BCUT2D eigenvalue weighted by Crippen LogP contribution is -2.05. The summed E-state index contributed by atoms with van der Waals surface area (Å²) in [4.78, 5) is 12.2. The number of carbonyl (C=O) groups is 1. The lowest BCUT2D eigenvalue weighted by molar-refractivity contribution is 0.0981. The number of Topliss-reactive ketones (excluding diaryl/α,β-unsaturated/α-hetero) is 1. The summed E-state index contributed by atoms with van der Waals surface area (Å²) in [6.07, 6.45) is 2.97. The fourth-order valence-electron chi connectivity index (χ4n) is 1.88. The van der Waals surface area contributed by atoms with Crippen LogP contribution in [0.15, 0.2) is 34.9 Å². The van der Waals surface area contributed by atoms with Gasteiger partial charge in [0, 0.05) is 35.4 Å². The van der Waals surface area contributed by atoms with Crippen LogP contribution in [0.2, 0.25) is 0 Å². The molecule has 4 heteroatoms. The van der Waals surface area contributed by atoms with Crippen LogP contribution in [-0.2, 0) is 13.5 Å². The summed E-state index contributed by atoms with van der Waals surface area (Å²) >= 11 is 3.43. The molecule has 2 rings (SSSR count). The maximum atomic E-state index is 12.2. The lowest BCUT2D eigenvalue weighted by atomic mass is 10.0. The molecule has 94 valence electrons. The highest BCUT2D eigenvalue weighted by Crippen LogP contribution is 2.20. The Morgan fingerprint density at radius 1 is 1.39 bits per heavy atom. The van der Waals surface area contributed by atoms with Crippen LogP contribution in [0.25, 0.3) is 0 Å². The Balaban J connectivity index is 2.08. The maximum Gasteiger partial charge on any atom is 0.164 e. The molecule has 0 aliphatic rings. The van der Waals surface area contributed by atoms with Crippen molar-refractivity contribution in [2.75, 3.05) is 0 Å². The molecule has 1 aromatic carbocycles. The van der Waals surface area contributed by atoms with Crippen LogP contribution in [0, 0.1) is 6.92 Å². The van der Waals surface area contributed by atoms with Crippen LogP contribution in [0.5, 0.6) is 0 Å². The van der Waals surface area contributed by atoms with Gasteiger partial charge >= 0.3 is 0 Å². The van der Waals surface area contributed by atoms with Crippen molar-refractivity contribution in [1.82, 2.24) is 9.78 Å². The van der Waals surface area contributed by atoms with Crippen LogP contribution in [-0.4, -0.2) is 15.6 Å². The first-order chi connectivity index (χ1) is 8.58. The standard InChI is InChI=1S/C14H15BrN2O/c1-10-3-5-13(15)12(9-10)14(18)6-4-11-7-8-16-17(11)2/h3,5,7-9H,4,6H2,1-2H3. The summed E-state index contributed by atoms with van der Waals surface area (Å²) in [7, 11) is 1.89. The van der Waals surface area contributed by atoms with E-state index in [0.29, 0.717) is 6.42 Å². The Morgan fingerprint density at radius 3 is 2.83 bits per heavy atom. The summed E-state index contributed by atoms with van der Waals surface area (Å²) in [6, 6.07) is 7.78. The molecule has 1 aromatic heterocycles. The van der Waals surface area contributed by atoms with Gasteiger partial charge in [0.2, 0.25) is 0 Å². The Hall–Kier alpha value is -1.42. The van der Waals surface area contributed by atoms with E-state index in [1.165, 1.54) is 0 Å². The van der Waals surface area contributed by atoms with Crippen molar-refractivity contribution in [2.24, 2.45) is 7.05 Å². The van der Waals surface area contributed by atoms with Crippen molar-refractivity contribution in [1.29, 1.82) is 0 Å². The predicted octanol–water partition coefficient (Wildman–Crippen LogP) is 3.31. The minimum atomic E-state index is 0.159. The van der Waals surface area contributed by atoms with Crippen molar-refractivity contribution in [3.8, 4) is 0 Å². The van der Waals surface area contributed by atoms with Crippen LogP contribution in [0.3, 0.4) is 0 Å². The van der Waals surface area contributed by atoms with Gasteiger partial charge in [0.15, 0.2) is 5.78 Å². The number of nitrogens with zero attached hydrogens (tertiary/aromatic N) is 2. The molecule has 0 radical (unpaired) electrons. The van der Waals surface area contributed by atoms with E-state index in [-0.39, 0.29) is 5.78 Å². The third-order valence-corrected chi connectivity index (χ3v) is 3.64. The van der Waals surface area contributed by atoms with Gasteiger partial charge in [0.25, 0.3) is 0 Å². The maximum absolute atomic E-state index is 12.2. The van der Waals surface area contributed by atoms with Crippen molar-refractivity contribution < 1.29 is 4.79 Å². The molecule has 0 saturated carbocycles. The number of aryl methyl sites for hydroxylation is 3. The minimum Gasteiger partial charge on any atom is -0.294 e. The Labute approximate surface area is 115 Å². The van der Waals surface area contributed by atoms with Gasteiger partial charge in [-0.1, -0.05) is 27.6 Å². The van der Waals surface area contributed by atoms with E-state index in [2.05, 4.69) is 21.0 Å². The first-order valence-corrected chi connectivity index (χ1v) is 6.63. The minimum absolute atomic E-state index is 0.159. The van der Waals surface area contributed by atoms with E-state index < -0.39 is 0 Å². The number of halogens is 1. The molecule has 0 saturated heterocycles. The molecule has 2 aromatic rings. The van der Waals surface area contributed by atoms with Crippen molar-refractivity contribution in [2.45, 2.75) is 19.8 Å². The number of ketones is 1. The van der Waals surface area contributed by atoms with Gasteiger partial charge in [0.05, 0.1) is 0 Å². The van der Waals surface area contributed by atoms with E-state index in [1.807, 2.05) is 38.2 Å². The van der Waals surface area contributed by atoms with Crippen LogP contribution < -0.4 is 0 Å². The highest BCUT2D eigenvalue weighted by molar-refractivity contribution is 9.10. The zero-order valence-corrected chi connectivity index (χ0v) is 12.1. The molecule has 0 spiro atoms. The molecule has 0 N–H and O–H groups in total. The molecule has 0 amide bonds. The number of hydrogen-bond donors (Lipinski definition) is 0. The van der Waals surface area contributed by atoms with Gasteiger partial charge in [-0.15, -0.1) is 0 Å². The number of benzene rings is 1. The molecule has 0 bridgehead atoms. The molecule has 3 nitrogen and oxygen atoms in total. The second kappa shape index (κ2) is 5.48. The fourth-order valence-corrected chi connectivity index (χ4v) is 2.34. The van der Waals surface area contributed by atoms with E-state index in [4.69, 9.17) is 0 Å². The zero-order chi connectivity index (χ0) is 13.1. The number of rotatable bonds is 4. The van der Waals surface area contributed by atoms with Gasteiger partial charge in [-0.3, -0.25) is 9.48 Å². The number of hydrogen-bond acceptors (Lipinski definition) is 2. The third-order valence-electron chi connectivity index (χ3n) is 2.95. The predicted molar refractivity (Wildman–Crippen MR) is 74.7 cm³/mol. The van der Waals surface area contributed by atoms with E-state index in [0.717, 1.165) is 27.7 Å². The molecule has 18 heavy (non-hydrogen) atoms. The van der Waals surface area contributed by atoms with Crippen molar-refractivity contribution in [3.63, 3.8) is 0 Å². The van der Waals surface area contributed by atoms with E-state index in [1.54, 1.807) is 10.9 Å². The normalized spacial score (nSPS) is 10.6. The Kier molecular flexibility index (Phi) is 3.97. The molecule has 0 fully saturated rings. The second-order valence-corrected chi connectivity index (χ2v) is 5.21. The summed E-state index contributed by atoms with van der Waals surface area (Å²) in [6.45, 7) is 1.99. The van der Waals surface area contributed by atoms with Gasteiger partial charge in [-0.25, -0.2) is 0 Å². The summed E-state index contributed by atoms with van der Waals surface area (Å²) in [5.74, 6) is 0.159. The van der Waals surface area contributed by atoms with Gasteiger partial charge in [-0.05, 0) is 31.5 Å². The van der Waals surface area contributed by atoms with Gasteiger partial charge < -0.3 is 0 Å². The molecule has 0 aliphatic heterocycles. The number of aromatic nitrogens is 2. The highest BCUT2D eigenvalue weighted by atomic mass is 79.9. The molecule has 0 atom stereocenters. The summed E-state index contributed by atoms with van der Waals surface area (Å²) in [5.41, 5.74) is 2.94. The quantitative estimate of drug-likeness (QED) is 0.812. The number of carbonyl (C=O) groups excluding carboxylic acids is 1. The van der Waals surface area contributed by atoms with Crippen molar-refractivity contribution >= 4 is 21.7 Å². The Bertz CT molecular complexity index is 575. The van der Waals surface area contributed by atoms with E-state index >= 15 is 0 Å². The molecular formula is C14H15BrN2O. The van der Waals surface area contributed by atoms with E-state index in [9.17, 15) is 4.79 Å². The first-order valence-electron chi connectivity index (χ1n) is 5.84. The lowest BCUT2D eigenvalue weighted by Gasteiger charge is -2.05. The summed E-state index contributed by atoms with van der Waals surface area (Å²) in [5, 5.41) is 4.10. The average molecular weight is 307 g/mol. The molecule has 0 aliphatic carbocycles. The highest BCUT2D eigenvalue weighted by Gasteiger charge is 2.11. The Morgan fingerprint density at radius 2 is 2.17 bits per heavy atom. The smallest absolute Gasteiger partial charge is 0.164 e. The second-order valence-electron chi connectivity index (χ2n) is 4.35. The first kappa shape index (κ1) is 13.0. The molecular weight excluding hydrogens is 292 g/mol. The van der Waals surface area contributed by atoms with Crippen LogP contribution >= 0.6 is 15.9 Å². The van der Waals surface area contributed by atoms with Crippen molar-refractivity contribution in [3.05, 3.63) is 51.8 Å². The summed E-state index contributed by atoms with van der Waals surface area (Å²) < 4.78 is 2.67. The topological polar surface area (TPSA) is 34.9 Å². The monoisotopic (exact) mass is 306 g/mol. The van der Waals surface area contributed by atoms with Gasteiger partial charge in [-0.2, -0.15) is 5.10 Å². The SMILES string of the molecule is Cc1ccc(Br)c(C(=O)CCc2ccnn2C)c1. The molecule has 1 heterocycles. The van der Waals surface area contributed by atoms with Crippen LogP contribution in [0.4, 0.5) is 0 Å². The zero-order valence-electron chi connectivity index (χ0n) is 10.5. The largest absolute Gasteiger partial charge is 0.294 e. The third kappa shape index (κ3) is 2.88. The fraction of sp³-hybridized carbons (Fsp3) is 0.286. The molecule has 0 unspecified atom stereocenters. The van der Waals surface area contributed by atoms with Crippen LogP contribution in [0.1, 0.15) is 28.0 Å². The van der Waals surface area contributed by atoms with Gasteiger partial charge in [0.1, 0.15) is 0 Å². The average Bonchev–Trinajstić information content (AvgIpc) is 2.75.